The number of halogens is 2. The van der Waals surface area contributed by atoms with Crippen LogP contribution in [0.25, 0.3) is 0 Å². The Labute approximate surface area is 122 Å². The lowest BCUT2D eigenvalue weighted by Gasteiger charge is -2.23. The zero-order valence-electron chi connectivity index (χ0n) is 10.2. The van der Waals surface area contributed by atoms with Crippen LogP contribution in [0, 0.1) is 0 Å². The van der Waals surface area contributed by atoms with Crippen molar-refractivity contribution in [3.8, 4) is 0 Å². The average Bonchev–Trinajstić information content (AvgIpc) is 2.26. The molecule has 0 aliphatic heterocycles. The third-order valence-corrected chi connectivity index (χ3v) is 3.45. The molecule has 1 N–H and O–H groups in total. The topological polar surface area (TPSA) is 55.4 Å². The van der Waals surface area contributed by atoms with Crippen LogP contribution in [-0.4, -0.2) is 24.5 Å². The van der Waals surface area contributed by atoms with Gasteiger partial charge >= 0.3 is 5.97 Å². The zero-order valence-corrected chi connectivity index (χ0v) is 13.4. The summed E-state index contributed by atoms with van der Waals surface area (Å²) in [5, 5.41) is 2.62. The minimum Gasteiger partial charge on any atom is -0.467 e. The SMILES string of the molecule is COC(=O)C(C)(C)NC(=O)c1ccc(Br)cc1Br. The summed E-state index contributed by atoms with van der Waals surface area (Å²) in [6.07, 6.45) is 0. The number of esters is 1. The molecule has 0 atom stereocenters. The van der Waals surface area contributed by atoms with Crippen molar-refractivity contribution >= 4 is 43.7 Å². The van der Waals surface area contributed by atoms with Crippen molar-refractivity contribution in [1.82, 2.24) is 5.32 Å². The van der Waals surface area contributed by atoms with Crippen molar-refractivity contribution in [3.05, 3.63) is 32.7 Å². The molecule has 0 unspecified atom stereocenters. The van der Waals surface area contributed by atoms with Gasteiger partial charge in [0.1, 0.15) is 5.54 Å². The number of amides is 1. The lowest BCUT2D eigenvalue weighted by atomic mass is 10.1. The third-order valence-electron chi connectivity index (χ3n) is 2.30. The molecule has 0 saturated heterocycles. The maximum Gasteiger partial charge on any atom is 0.330 e. The van der Waals surface area contributed by atoms with Crippen LogP contribution in [0.3, 0.4) is 0 Å². The van der Waals surface area contributed by atoms with E-state index in [9.17, 15) is 9.59 Å². The fraction of sp³-hybridized carbons (Fsp3) is 0.333. The predicted molar refractivity (Wildman–Crippen MR) is 75.4 cm³/mol. The molecule has 0 bridgehead atoms. The van der Waals surface area contributed by atoms with Crippen LogP contribution in [0.2, 0.25) is 0 Å². The summed E-state index contributed by atoms with van der Waals surface area (Å²) in [4.78, 5) is 23.5. The Morgan fingerprint density at radius 3 is 2.39 bits per heavy atom. The van der Waals surface area contributed by atoms with Crippen molar-refractivity contribution in [2.45, 2.75) is 19.4 Å². The van der Waals surface area contributed by atoms with Crippen molar-refractivity contribution in [1.29, 1.82) is 0 Å². The largest absolute Gasteiger partial charge is 0.467 e. The Balaban J connectivity index is 2.92. The first-order valence-corrected chi connectivity index (χ1v) is 6.72. The van der Waals surface area contributed by atoms with Crippen LogP contribution < -0.4 is 5.32 Å². The summed E-state index contributed by atoms with van der Waals surface area (Å²) in [5.74, 6) is -0.839. The molecule has 0 saturated carbocycles. The van der Waals surface area contributed by atoms with Crippen LogP contribution in [-0.2, 0) is 9.53 Å². The van der Waals surface area contributed by atoms with Gasteiger partial charge in [0.2, 0.25) is 0 Å². The van der Waals surface area contributed by atoms with Crippen LogP contribution in [0.4, 0.5) is 0 Å². The zero-order chi connectivity index (χ0) is 13.9. The van der Waals surface area contributed by atoms with E-state index in [1.807, 2.05) is 0 Å². The number of carbonyl (C=O) groups excluding carboxylic acids is 2. The van der Waals surface area contributed by atoms with E-state index in [0.717, 1.165) is 4.47 Å². The summed E-state index contributed by atoms with van der Waals surface area (Å²) < 4.78 is 6.14. The predicted octanol–water partition coefficient (Wildman–Crippen LogP) is 2.89. The van der Waals surface area contributed by atoms with Crippen molar-refractivity contribution in [3.63, 3.8) is 0 Å². The molecule has 0 aliphatic carbocycles. The second-order valence-corrected chi connectivity index (χ2v) is 5.96. The minimum atomic E-state index is -1.07. The molecule has 1 rings (SSSR count). The number of ether oxygens (including phenoxy) is 1. The van der Waals surface area contributed by atoms with Crippen LogP contribution in [0.5, 0.6) is 0 Å². The number of benzene rings is 1. The molecule has 0 fully saturated rings. The normalized spacial score (nSPS) is 10.9. The minimum absolute atomic E-state index is 0.343. The highest BCUT2D eigenvalue weighted by molar-refractivity contribution is 9.11. The van der Waals surface area contributed by atoms with E-state index in [1.165, 1.54) is 7.11 Å². The number of hydrogen-bond acceptors (Lipinski definition) is 3. The molecule has 1 amide bonds. The number of hydrogen-bond donors (Lipinski definition) is 1. The van der Waals surface area contributed by atoms with E-state index >= 15 is 0 Å². The van der Waals surface area contributed by atoms with Crippen molar-refractivity contribution < 1.29 is 14.3 Å². The number of carbonyl (C=O) groups is 2. The molecule has 1 aromatic carbocycles. The van der Waals surface area contributed by atoms with Gasteiger partial charge in [-0.1, -0.05) is 15.9 Å². The third kappa shape index (κ3) is 3.55. The molecule has 18 heavy (non-hydrogen) atoms. The van der Waals surface area contributed by atoms with Gasteiger partial charge in [-0.2, -0.15) is 0 Å². The molecule has 0 radical (unpaired) electrons. The second-order valence-electron chi connectivity index (χ2n) is 4.19. The number of rotatable bonds is 3. The first-order valence-electron chi connectivity index (χ1n) is 5.14. The van der Waals surface area contributed by atoms with Crippen LogP contribution in [0.1, 0.15) is 24.2 Å². The molecule has 6 heteroatoms. The highest BCUT2D eigenvalue weighted by Crippen LogP contribution is 2.22. The van der Waals surface area contributed by atoms with Gasteiger partial charge in [-0.25, -0.2) is 4.79 Å². The van der Waals surface area contributed by atoms with Gasteiger partial charge in [0, 0.05) is 8.95 Å². The Kier molecular flexibility index (Phi) is 4.92. The highest BCUT2D eigenvalue weighted by atomic mass is 79.9. The molecular formula is C12H13Br2NO3. The fourth-order valence-electron chi connectivity index (χ4n) is 1.33. The number of methoxy groups -OCH3 is 1. The van der Waals surface area contributed by atoms with Crippen LogP contribution >= 0.6 is 31.9 Å². The molecule has 0 aliphatic rings. The number of nitrogens with one attached hydrogen (secondary N) is 1. The molecule has 1 aromatic rings. The van der Waals surface area contributed by atoms with Gasteiger partial charge in [0.15, 0.2) is 0 Å². The average molecular weight is 379 g/mol. The van der Waals surface area contributed by atoms with E-state index in [0.29, 0.717) is 10.0 Å². The maximum atomic E-state index is 12.0. The van der Waals surface area contributed by atoms with Gasteiger partial charge < -0.3 is 10.1 Å². The Hall–Kier alpha value is -0.880. The van der Waals surface area contributed by atoms with Gasteiger partial charge in [0.05, 0.1) is 12.7 Å². The van der Waals surface area contributed by atoms with Gasteiger partial charge in [-0.3, -0.25) is 4.79 Å². The molecule has 0 spiro atoms. The highest BCUT2D eigenvalue weighted by Gasteiger charge is 2.31. The van der Waals surface area contributed by atoms with E-state index in [-0.39, 0.29) is 5.91 Å². The van der Waals surface area contributed by atoms with E-state index < -0.39 is 11.5 Å². The summed E-state index contributed by atoms with van der Waals surface area (Å²) in [5.41, 5.74) is -0.617. The monoisotopic (exact) mass is 377 g/mol. The van der Waals surface area contributed by atoms with Crippen molar-refractivity contribution in [2.75, 3.05) is 7.11 Å². The molecule has 0 heterocycles. The second kappa shape index (κ2) is 5.84. The summed E-state index contributed by atoms with van der Waals surface area (Å²) in [6.45, 7) is 3.17. The Bertz CT molecular complexity index is 486. The van der Waals surface area contributed by atoms with E-state index in [2.05, 4.69) is 41.9 Å². The maximum absolute atomic E-state index is 12.0. The molecule has 4 nitrogen and oxygen atoms in total. The first-order chi connectivity index (χ1) is 8.27. The summed E-state index contributed by atoms with van der Waals surface area (Å²) >= 11 is 6.61. The lowest BCUT2D eigenvalue weighted by molar-refractivity contribution is -0.146. The van der Waals surface area contributed by atoms with E-state index in [4.69, 9.17) is 0 Å². The van der Waals surface area contributed by atoms with E-state index in [1.54, 1.807) is 32.0 Å². The quantitative estimate of drug-likeness (QED) is 0.822. The molecule has 98 valence electrons. The molecular weight excluding hydrogens is 366 g/mol. The molecule has 0 aromatic heterocycles. The lowest BCUT2D eigenvalue weighted by Crippen LogP contribution is -2.50. The van der Waals surface area contributed by atoms with Gasteiger partial charge in [-0.05, 0) is 48.0 Å². The standard InChI is InChI=1S/C12H13Br2NO3/c1-12(2,11(17)18-3)15-10(16)8-5-4-7(13)6-9(8)14/h4-6H,1-3H3,(H,15,16). The smallest absolute Gasteiger partial charge is 0.330 e. The van der Waals surface area contributed by atoms with Gasteiger partial charge in [0.25, 0.3) is 5.91 Å². The summed E-state index contributed by atoms with van der Waals surface area (Å²) in [6, 6.07) is 5.18. The Morgan fingerprint density at radius 1 is 1.28 bits per heavy atom. The van der Waals surface area contributed by atoms with Gasteiger partial charge in [-0.15, -0.1) is 0 Å². The summed E-state index contributed by atoms with van der Waals surface area (Å²) in [7, 11) is 1.28. The Morgan fingerprint density at radius 2 is 1.89 bits per heavy atom. The van der Waals surface area contributed by atoms with Crippen LogP contribution in [0.15, 0.2) is 27.1 Å². The fourth-order valence-corrected chi connectivity index (χ4v) is 2.56. The van der Waals surface area contributed by atoms with Crippen molar-refractivity contribution in [2.24, 2.45) is 0 Å². The first kappa shape index (κ1) is 15.2.